The highest BCUT2D eigenvalue weighted by Crippen LogP contribution is 2.25. The number of nitrogens with zero attached hydrogens (tertiary/aromatic N) is 4. The van der Waals surface area contributed by atoms with Crippen LogP contribution in [0, 0.1) is 11.3 Å². The van der Waals surface area contributed by atoms with Crippen LogP contribution >= 0.6 is 0 Å². The van der Waals surface area contributed by atoms with Gasteiger partial charge >= 0.3 is 0 Å². The second-order valence-electron chi connectivity index (χ2n) is 7.34. The molecule has 3 aromatic rings. The zero-order valence-electron chi connectivity index (χ0n) is 16.3. The predicted octanol–water partition coefficient (Wildman–Crippen LogP) is 4.11. The first-order valence-electron chi connectivity index (χ1n) is 10.0. The summed E-state index contributed by atoms with van der Waals surface area (Å²) in [5.41, 5.74) is 3.40. The third-order valence-electron chi connectivity index (χ3n) is 5.24. The topological polar surface area (TPSA) is 83.6 Å². The summed E-state index contributed by atoms with van der Waals surface area (Å²) in [6.45, 7) is 0.943. The van der Waals surface area contributed by atoms with Gasteiger partial charge in [0.15, 0.2) is 5.82 Å². The largest absolute Gasteiger partial charge is 0.326 e. The van der Waals surface area contributed by atoms with Crippen LogP contribution in [0.4, 0.5) is 5.69 Å². The number of hydrogen-bond acceptors (Lipinski definition) is 4. The Hall–Kier alpha value is -3.46. The van der Waals surface area contributed by atoms with Gasteiger partial charge in [0.25, 0.3) is 0 Å². The molecule has 2 heterocycles. The molecule has 1 amide bonds. The Bertz CT molecular complexity index is 1050. The first-order valence-corrected chi connectivity index (χ1v) is 10.0. The van der Waals surface area contributed by atoms with Gasteiger partial charge in [-0.1, -0.05) is 30.7 Å². The van der Waals surface area contributed by atoms with Crippen molar-refractivity contribution in [3.8, 4) is 17.5 Å². The summed E-state index contributed by atoms with van der Waals surface area (Å²) in [4.78, 5) is 12.4. The van der Waals surface area contributed by atoms with Crippen LogP contribution in [0.3, 0.4) is 0 Å². The fraction of sp³-hybridized carbons (Fsp3) is 0.304. The number of aromatic nitrogens is 3. The fourth-order valence-corrected chi connectivity index (χ4v) is 3.66. The first kappa shape index (κ1) is 18.9. The first-order chi connectivity index (χ1) is 14.2. The monoisotopic (exact) mass is 385 g/mol. The number of carbonyl (C=O) groups is 1. The normalized spacial score (nSPS) is 13.2. The second kappa shape index (κ2) is 8.70. The van der Waals surface area contributed by atoms with Crippen LogP contribution in [0.5, 0.6) is 0 Å². The fourth-order valence-electron chi connectivity index (χ4n) is 3.66. The molecule has 146 valence electrons. The highest BCUT2D eigenvalue weighted by atomic mass is 16.1. The summed E-state index contributed by atoms with van der Waals surface area (Å²) >= 11 is 0. The van der Waals surface area contributed by atoms with Gasteiger partial charge in [0.1, 0.15) is 5.82 Å². The van der Waals surface area contributed by atoms with Crippen molar-refractivity contribution in [3.63, 3.8) is 0 Å². The van der Waals surface area contributed by atoms with E-state index in [2.05, 4.69) is 26.2 Å². The van der Waals surface area contributed by atoms with Crippen LogP contribution in [0.1, 0.15) is 42.6 Å². The zero-order valence-corrected chi connectivity index (χ0v) is 16.3. The summed E-state index contributed by atoms with van der Waals surface area (Å²) in [5.74, 6) is 1.89. The Morgan fingerprint density at radius 2 is 1.97 bits per heavy atom. The minimum Gasteiger partial charge on any atom is -0.326 e. The lowest BCUT2D eigenvalue weighted by molar-refractivity contribution is -0.116. The van der Waals surface area contributed by atoms with E-state index in [9.17, 15) is 4.79 Å². The second-order valence-corrected chi connectivity index (χ2v) is 7.34. The summed E-state index contributed by atoms with van der Waals surface area (Å²) in [6, 6.07) is 17.2. The number of aryl methyl sites for hydroxylation is 2. The predicted molar refractivity (Wildman–Crippen MR) is 111 cm³/mol. The van der Waals surface area contributed by atoms with Crippen molar-refractivity contribution < 1.29 is 4.79 Å². The average molecular weight is 385 g/mol. The number of anilines is 1. The third-order valence-corrected chi connectivity index (χ3v) is 5.24. The Morgan fingerprint density at radius 1 is 1.10 bits per heavy atom. The van der Waals surface area contributed by atoms with Crippen LogP contribution in [0.25, 0.3) is 11.4 Å². The molecule has 6 nitrogen and oxygen atoms in total. The quantitative estimate of drug-likeness (QED) is 0.716. The van der Waals surface area contributed by atoms with Gasteiger partial charge in [0, 0.05) is 30.6 Å². The van der Waals surface area contributed by atoms with Crippen LogP contribution in [0.15, 0.2) is 48.5 Å². The van der Waals surface area contributed by atoms with E-state index < -0.39 is 0 Å². The standard InChI is InChI=1S/C23H23N5O/c24-16-18-10-8-17(9-11-18)12-13-22(29)25-20-6-4-5-19(15-20)23-27-26-21-7-2-1-3-14-28(21)23/h4-6,8-11,15H,1-3,7,12-14H2,(H,25,29). The van der Waals surface area contributed by atoms with E-state index in [0.717, 1.165) is 54.3 Å². The molecule has 1 aromatic heterocycles. The Balaban J connectivity index is 1.42. The number of amides is 1. The molecule has 1 N–H and O–H groups in total. The average Bonchev–Trinajstić information content (AvgIpc) is 3.01. The molecular formula is C23H23N5O. The van der Waals surface area contributed by atoms with Gasteiger partial charge in [0.2, 0.25) is 5.91 Å². The number of rotatable bonds is 5. The molecule has 6 heteroatoms. The lowest BCUT2D eigenvalue weighted by Crippen LogP contribution is -2.12. The summed E-state index contributed by atoms with van der Waals surface area (Å²) in [7, 11) is 0. The molecule has 2 aromatic carbocycles. The van der Waals surface area contributed by atoms with Gasteiger partial charge < -0.3 is 9.88 Å². The molecule has 0 bridgehead atoms. The maximum Gasteiger partial charge on any atom is 0.224 e. The van der Waals surface area contributed by atoms with Crippen molar-refractivity contribution in [1.29, 1.82) is 5.26 Å². The van der Waals surface area contributed by atoms with Crippen molar-refractivity contribution >= 4 is 11.6 Å². The van der Waals surface area contributed by atoms with Crippen LogP contribution < -0.4 is 5.32 Å². The molecule has 0 radical (unpaired) electrons. The van der Waals surface area contributed by atoms with Crippen LogP contribution in [-0.2, 0) is 24.2 Å². The molecule has 0 fully saturated rings. The van der Waals surface area contributed by atoms with Crippen molar-refractivity contribution in [2.45, 2.75) is 45.1 Å². The number of nitriles is 1. The van der Waals surface area contributed by atoms with Crippen LogP contribution in [0.2, 0.25) is 0 Å². The van der Waals surface area contributed by atoms with Crippen LogP contribution in [-0.4, -0.2) is 20.7 Å². The molecular weight excluding hydrogens is 362 g/mol. The van der Waals surface area contributed by atoms with Crippen molar-refractivity contribution in [3.05, 3.63) is 65.5 Å². The smallest absolute Gasteiger partial charge is 0.224 e. The van der Waals surface area contributed by atoms with E-state index >= 15 is 0 Å². The lowest BCUT2D eigenvalue weighted by Gasteiger charge is -2.09. The number of fused-ring (bicyclic) bond motifs is 1. The zero-order chi connectivity index (χ0) is 20.1. The summed E-state index contributed by atoms with van der Waals surface area (Å²) < 4.78 is 2.21. The highest BCUT2D eigenvalue weighted by Gasteiger charge is 2.16. The van der Waals surface area contributed by atoms with Gasteiger partial charge in [-0.2, -0.15) is 5.26 Å². The molecule has 0 saturated heterocycles. The van der Waals surface area contributed by atoms with Gasteiger partial charge in [-0.25, -0.2) is 0 Å². The Labute approximate surface area is 170 Å². The molecule has 0 unspecified atom stereocenters. The van der Waals surface area contributed by atoms with Crippen molar-refractivity contribution in [1.82, 2.24) is 14.8 Å². The van der Waals surface area contributed by atoms with E-state index in [1.807, 2.05) is 36.4 Å². The number of benzene rings is 2. The van der Waals surface area contributed by atoms with E-state index in [-0.39, 0.29) is 5.91 Å². The molecule has 0 spiro atoms. The summed E-state index contributed by atoms with van der Waals surface area (Å²) in [5, 5.41) is 20.6. The van der Waals surface area contributed by atoms with E-state index in [1.54, 1.807) is 12.1 Å². The molecule has 0 atom stereocenters. The lowest BCUT2D eigenvalue weighted by atomic mass is 10.1. The molecule has 1 aliphatic heterocycles. The molecule has 1 aliphatic rings. The SMILES string of the molecule is N#Cc1ccc(CCC(=O)Nc2cccc(-c3nnc4n3CCCCC4)c2)cc1. The minimum atomic E-state index is -0.0356. The molecule has 0 saturated carbocycles. The van der Waals surface area contributed by atoms with E-state index in [1.165, 1.54) is 6.42 Å². The van der Waals surface area contributed by atoms with E-state index in [4.69, 9.17) is 5.26 Å². The number of carbonyl (C=O) groups excluding carboxylic acids is 1. The minimum absolute atomic E-state index is 0.0356. The summed E-state index contributed by atoms with van der Waals surface area (Å²) in [6.07, 6.45) is 5.51. The highest BCUT2D eigenvalue weighted by molar-refractivity contribution is 5.91. The third kappa shape index (κ3) is 4.52. The number of hydrogen-bond donors (Lipinski definition) is 1. The Kier molecular flexibility index (Phi) is 5.66. The van der Waals surface area contributed by atoms with Crippen molar-refractivity contribution in [2.24, 2.45) is 0 Å². The Morgan fingerprint density at radius 3 is 2.79 bits per heavy atom. The number of nitrogens with one attached hydrogen (secondary N) is 1. The molecule has 29 heavy (non-hydrogen) atoms. The van der Waals surface area contributed by atoms with Gasteiger partial charge in [-0.3, -0.25) is 4.79 Å². The van der Waals surface area contributed by atoms with Gasteiger partial charge in [-0.15, -0.1) is 10.2 Å². The van der Waals surface area contributed by atoms with Gasteiger partial charge in [0.05, 0.1) is 11.6 Å². The molecule has 4 rings (SSSR count). The van der Waals surface area contributed by atoms with Crippen molar-refractivity contribution in [2.75, 3.05) is 5.32 Å². The maximum atomic E-state index is 12.4. The molecule has 0 aliphatic carbocycles. The van der Waals surface area contributed by atoms with E-state index in [0.29, 0.717) is 18.4 Å². The van der Waals surface area contributed by atoms with Gasteiger partial charge in [-0.05, 0) is 49.1 Å². The maximum absolute atomic E-state index is 12.4.